The molecular weight excluding hydrogens is 312 g/mol. The predicted molar refractivity (Wildman–Crippen MR) is 89.2 cm³/mol. The lowest BCUT2D eigenvalue weighted by molar-refractivity contribution is 0.00282. The Balaban J connectivity index is 1.36. The van der Waals surface area contributed by atoms with Gasteiger partial charge in [0.05, 0.1) is 19.3 Å². The second kappa shape index (κ2) is 8.54. The van der Waals surface area contributed by atoms with Crippen molar-refractivity contribution >= 4 is 11.3 Å². The largest absolute Gasteiger partial charge is 0.389 e. The number of piperidine rings is 1. The second-order valence-corrected chi connectivity index (χ2v) is 7.17. The SMILES string of the molecule is O[C@@H](COCc1cccs1)CN1CCC[C@H](Cn2cncn2)C1. The van der Waals surface area contributed by atoms with Crippen LogP contribution < -0.4 is 0 Å². The van der Waals surface area contributed by atoms with Crippen LogP contribution in [0.3, 0.4) is 0 Å². The first-order valence-corrected chi connectivity index (χ1v) is 9.00. The van der Waals surface area contributed by atoms with E-state index < -0.39 is 6.10 Å². The van der Waals surface area contributed by atoms with E-state index in [4.69, 9.17) is 4.74 Å². The Bertz CT molecular complexity index is 546. The molecule has 1 fully saturated rings. The molecule has 0 unspecified atom stereocenters. The zero-order valence-corrected chi connectivity index (χ0v) is 14.1. The van der Waals surface area contributed by atoms with Crippen molar-refractivity contribution in [1.29, 1.82) is 0 Å². The van der Waals surface area contributed by atoms with Crippen LogP contribution >= 0.6 is 11.3 Å². The number of ether oxygens (including phenoxy) is 1. The molecule has 0 amide bonds. The highest BCUT2D eigenvalue weighted by Crippen LogP contribution is 2.18. The van der Waals surface area contributed by atoms with Crippen molar-refractivity contribution in [3.63, 3.8) is 0 Å². The number of nitrogens with zero attached hydrogens (tertiary/aromatic N) is 4. The molecule has 1 aliphatic heterocycles. The summed E-state index contributed by atoms with van der Waals surface area (Å²) in [5, 5.41) is 16.4. The van der Waals surface area contributed by atoms with Crippen molar-refractivity contribution in [2.24, 2.45) is 5.92 Å². The molecule has 1 N–H and O–H groups in total. The van der Waals surface area contributed by atoms with E-state index in [1.807, 2.05) is 16.1 Å². The summed E-state index contributed by atoms with van der Waals surface area (Å²) in [6.45, 7) is 4.61. The smallest absolute Gasteiger partial charge is 0.137 e. The number of hydrogen-bond acceptors (Lipinski definition) is 6. The van der Waals surface area contributed by atoms with Gasteiger partial charge in [-0.2, -0.15) is 5.10 Å². The number of aliphatic hydroxyl groups is 1. The van der Waals surface area contributed by atoms with E-state index in [0.717, 1.165) is 19.6 Å². The molecule has 6 nitrogen and oxygen atoms in total. The van der Waals surface area contributed by atoms with Gasteiger partial charge in [0.2, 0.25) is 0 Å². The summed E-state index contributed by atoms with van der Waals surface area (Å²) in [7, 11) is 0. The van der Waals surface area contributed by atoms with Crippen LogP contribution in [-0.2, 0) is 17.9 Å². The Kier molecular flexibility index (Phi) is 6.15. The highest BCUT2D eigenvalue weighted by Gasteiger charge is 2.22. The minimum Gasteiger partial charge on any atom is -0.389 e. The molecule has 0 aromatic carbocycles. The quantitative estimate of drug-likeness (QED) is 0.794. The molecule has 0 saturated carbocycles. The number of rotatable bonds is 8. The number of thiophene rings is 1. The van der Waals surface area contributed by atoms with Gasteiger partial charge in [-0.1, -0.05) is 6.07 Å². The van der Waals surface area contributed by atoms with Crippen LogP contribution in [0.1, 0.15) is 17.7 Å². The first-order valence-electron chi connectivity index (χ1n) is 8.12. The molecular formula is C16H24N4O2S. The Hall–Kier alpha value is -1.28. The Morgan fingerprint density at radius 3 is 3.22 bits per heavy atom. The van der Waals surface area contributed by atoms with Crippen LogP contribution in [0.2, 0.25) is 0 Å². The fraction of sp³-hybridized carbons (Fsp3) is 0.625. The lowest BCUT2D eigenvalue weighted by atomic mass is 9.98. The Morgan fingerprint density at radius 1 is 1.48 bits per heavy atom. The maximum atomic E-state index is 10.2. The molecule has 1 aliphatic rings. The molecule has 2 aromatic rings. The van der Waals surface area contributed by atoms with Crippen LogP contribution in [-0.4, -0.2) is 57.1 Å². The summed E-state index contributed by atoms with van der Waals surface area (Å²) < 4.78 is 7.50. The van der Waals surface area contributed by atoms with Gasteiger partial charge in [0.15, 0.2) is 0 Å². The topological polar surface area (TPSA) is 63.4 Å². The zero-order chi connectivity index (χ0) is 15.9. The van der Waals surface area contributed by atoms with Crippen molar-refractivity contribution in [1.82, 2.24) is 19.7 Å². The Morgan fingerprint density at radius 2 is 2.43 bits per heavy atom. The maximum absolute atomic E-state index is 10.2. The summed E-state index contributed by atoms with van der Waals surface area (Å²) in [5.41, 5.74) is 0. The fourth-order valence-electron chi connectivity index (χ4n) is 3.10. The van der Waals surface area contributed by atoms with Gasteiger partial charge in [0, 0.05) is 24.5 Å². The fourth-order valence-corrected chi connectivity index (χ4v) is 3.74. The predicted octanol–water partition coefficient (Wildman–Crippen LogP) is 1.63. The number of hydrogen-bond donors (Lipinski definition) is 1. The number of β-amino-alcohol motifs (C(OH)–C–C–N with tert-alkyl or cyclic N) is 1. The van der Waals surface area contributed by atoms with E-state index in [9.17, 15) is 5.11 Å². The third-order valence-electron chi connectivity index (χ3n) is 4.12. The van der Waals surface area contributed by atoms with Crippen LogP contribution in [0, 0.1) is 5.92 Å². The third kappa shape index (κ3) is 5.39. The first-order chi connectivity index (χ1) is 11.3. The van der Waals surface area contributed by atoms with Gasteiger partial charge in [-0.25, -0.2) is 4.98 Å². The van der Waals surface area contributed by atoms with E-state index in [-0.39, 0.29) is 0 Å². The van der Waals surface area contributed by atoms with Gasteiger partial charge in [0.25, 0.3) is 0 Å². The summed E-state index contributed by atoms with van der Waals surface area (Å²) in [6, 6.07) is 4.07. The van der Waals surface area contributed by atoms with E-state index in [2.05, 4.69) is 21.0 Å². The van der Waals surface area contributed by atoms with Crippen LogP contribution in [0.25, 0.3) is 0 Å². The van der Waals surface area contributed by atoms with E-state index >= 15 is 0 Å². The number of aliphatic hydroxyl groups excluding tert-OH is 1. The average molecular weight is 336 g/mol. The molecule has 0 aliphatic carbocycles. The average Bonchev–Trinajstić information content (AvgIpc) is 3.21. The Labute approximate surface area is 140 Å². The van der Waals surface area contributed by atoms with Crippen LogP contribution in [0.15, 0.2) is 30.2 Å². The maximum Gasteiger partial charge on any atom is 0.137 e. The third-order valence-corrected chi connectivity index (χ3v) is 4.97. The van der Waals surface area contributed by atoms with Crippen molar-refractivity contribution in [2.75, 3.05) is 26.2 Å². The first kappa shape index (κ1) is 16.6. The highest BCUT2D eigenvalue weighted by atomic mass is 32.1. The van der Waals surface area contributed by atoms with Gasteiger partial charge in [-0.3, -0.25) is 4.68 Å². The molecule has 0 bridgehead atoms. The molecule has 2 atom stereocenters. The highest BCUT2D eigenvalue weighted by molar-refractivity contribution is 7.09. The van der Waals surface area contributed by atoms with Gasteiger partial charge >= 0.3 is 0 Å². The van der Waals surface area contributed by atoms with Crippen molar-refractivity contribution in [2.45, 2.75) is 32.1 Å². The molecule has 23 heavy (non-hydrogen) atoms. The van der Waals surface area contributed by atoms with E-state index in [1.165, 1.54) is 17.7 Å². The molecule has 0 radical (unpaired) electrons. The summed E-state index contributed by atoms with van der Waals surface area (Å²) >= 11 is 1.68. The normalized spacial score (nSPS) is 20.7. The van der Waals surface area contributed by atoms with Crippen LogP contribution in [0.4, 0.5) is 0 Å². The molecule has 7 heteroatoms. The molecule has 0 spiro atoms. The van der Waals surface area contributed by atoms with Crippen LogP contribution in [0.5, 0.6) is 0 Å². The van der Waals surface area contributed by atoms with E-state index in [1.54, 1.807) is 24.0 Å². The van der Waals surface area contributed by atoms with Gasteiger partial charge in [-0.05, 0) is 36.8 Å². The number of aromatic nitrogens is 3. The van der Waals surface area contributed by atoms with E-state index in [0.29, 0.717) is 25.7 Å². The molecule has 126 valence electrons. The molecule has 3 rings (SSSR count). The van der Waals surface area contributed by atoms with Gasteiger partial charge < -0.3 is 14.7 Å². The van der Waals surface area contributed by atoms with Crippen molar-refractivity contribution in [3.05, 3.63) is 35.0 Å². The second-order valence-electron chi connectivity index (χ2n) is 6.13. The minimum atomic E-state index is -0.430. The minimum absolute atomic E-state index is 0.391. The molecule has 2 aromatic heterocycles. The number of likely N-dealkylation sites (tertiary alicyclic amines) is 1. The lowest BCUT2D eigenvalue weighted by Crippen LogP contribution is -2.42. The molecule has 1 saturated heterocycles. The molecule has 3 heterocycles. The van der Waals surface area contributed by atoms with Gasteiger partial charge in [0.1, 0.15) is 12.7 Å². The monoisotopic (exact) mass is 336 g/mol. The lowest BCUT2D eigenvalue weighted by Gasteiger charge is -2.33. The van der Waals surface area contributed by atoms with Crippen molar-refractivity contribution in [3.8, 4) is 0 Å². The standard InChI is InChI=1S/C16H24N4O2S/c21-15(10-22-11-16-4-2-6-23-16)9-19-5-1-3-14(7-19)8-20-13-17-12-18-20/h2,4,6,12-15,21H,1,3,5,7-11H2/t14-,15+/m0/s1. The summed E-state index contributed by atoms with van der Waals surface area (Å²) in [6.07, 6.45) is 5.30. The van der Waals surface area contributed by atoms with Gasteiger partial charge in [-0.15, -0.1) is 11.3 Å². The zero-order valence-electron chi connectivity index (χ0n) is 13.3. The summed E-state index contributed by atoms with van der Waals surface area (Å²) in [5.74, 6) is 0.574. The summed E-state index contributed by atoms with van der Waals surface area (Å²) in [4.78, 5) is 7.53. The van der Waals surface area contributed by atoms with Crippen molar-refractivity contribution < 1.29 is 9.84 Å².